The van der Waals surface area contributed by atoms with Crippen molar-refractivity contribution in [2.24, 2.45) is 0 Å². The Morgan fingerprint density at radius 2 is 1.59 bits per heavy atom. The van der Waals surface area contributed by atoms with Crippen molar-refractivity contribution in [3.05, 3.63) is 58.5 Å². The molecule has 0 bridgehead atoms. The van der Waals surface area contributed by atoms with Gasteiger partial charge in [-0.05, 0) is 30.7 Å². The van der Waals surface area contributed by atoms with E-state index in [4.69, 9.17) is 23.7 Å². The Bertz CT molecular complexity index is 1970. The van der Waals surface area contributed by atoms with Gasteiger partial charge in [-0.3, -0.25) is 39.0 Å². The molecule has 3 aliphatic heterocycles. The van der Waals surface area contributed by atoms with Crippen LogP contribution in [-0.4, -0.2) is 130 Å². The molecule has 17 nitrogen and oxygen atoms in total. The molecule has 2 saturated heterocycles. The highest BCUT2D eigenvalue weighted by molar-refractivity contribution is 7.14. The third-order valence-corrected chi connectivity index (χ3v) is 9.65. The van der Waals surface area contributed by atoms with Crippen molar-refractivity contribution >= 4 is 51.9 Å². The SMILES string of the molecule is O=C(COc1cccc2c1C(=O)N(C1CCC(=O)NC1=O)C2=O)NCCOCCOCCNC(=O)COc1c(-c2csc(N3CCOCC3)n2)ccc(F)c1F. The summed E-state index contributed by atoms with van der Waals surface area (Å²) in [7, 11) is 0. The molecule has 2 aromatic carbocycles. The summed E-state index contributed by atoms with van der Waals surface area (Å²) in [6, 6.07) is 5.55. The minimum atomic E-state index is -1.22. The summed E-state index contributed by atoms with van der Waals surface area (Å²) in [5.74, 6) is -6.49. The van der Waals surface area contributed by atoms with Crippen LogP contribution in [0.15, 0.2) is 35.7 Å². The Morgan fingerprint density at radius 1 is 0.893 bits per heavy atom. The van der Waals surface area contributed by atoms with Crippen molar-refractivity contribution in [3.8, 4) is 22.8 Å². The minimum Gasteiger partial charge on any atom is -0.483 e. The van der Waals surface area contributed by atoms with Gasteiger partial charge in [0.15, 0.2) is 29.9 Å². The molecular weight excluding hydrogens is 762 g/mol. The number of amides is 6. The van der Waals surface area contributed by atoms with Gasteiger partial charge in [-0.1, -0.05) is 6.07 Å². The number of ether oxygens (including phenoxy) is 5. The standard InChI is InChI=1S/C36H38F2N6O11S/c37-23-5-4-21(24-20-56-36(41-24)43-10-14-53-15-11-43)32(31(23)38)55-19-29(47)40-9-13-52-17-16-51-12-8-39-28(46)18-54-26-3-1-2-22-30(26)35(50)44(34(22)49)25-6-7-27(45)42-33(25)48/h1-5,20,25H,6-19H2,(H,39,46)(H,40,47)(H,42,45,48). The van der Waals surface area contributed by atoms with E-state index in [1.54, 1.807) is 5.38 Å². The van der Waals surface area contributed by atoms with E-state index < -0.39 is 72.1 Å². The van der Waals surface area contributed by atoms with Crippen LogP contribution < -0.4 is 30.3 Å². The molecule has 4 heterocycles. The second-order valence-corrected chi connectivity index (χ2v) is 13.3. The first kappa shape index (κ1) is 40.1. The van der Waals surface area contributed by atoms with Gasteiger partial charge in [-0.2, -0.15) is 4.39 Å². The van der Waals surface area contributed by atoms with Gasteiger partial charge >= 0.3 is 0 Å². The van der Waals surface area contributed by atoms with Gasteiger partial charge in [0.25, 0.3) is 23.6 Å². The number of fused-ring (bicyclic) bond motifs is 1. The smallest absolute Gasteiger partial charge is 0.266 e. The number of aromatic nitrogens is 1. The van der Waals surface area contributed by atoms with Crippen LogP contribution in [0.3, 0.4) is 0 Å². The van der Waals surface area contributed by atoms with E-state index in [9.17, 15) is 37.5 Å². The third-order valence-electron chi connectivity index (χ3n) is 8.74. The Labute approximate surface area is 322 Å². The number of benzene rings is 2. The van der Waals surface area contributed by atoms with Crippen molar-refractivity contribution in [2.45, 2.75) is 18.9 Å². The fourth-order valence-electron chi connectivity index (χ4n) is 6.00. The second kappa shape index (κ2) is 18.8. The average Bonchev–Trinajstić information content (AvgIpc) is 3.78. The van der Waals surface area contributed by atoms with Crippen LogP contribution in [0.2, 0.25) is 0 Å². The average molecular weight is 801 g/mol. The molecular formula is C36H38F2N6O11S. The number of thiazole rings is 1. The first-order valence-corrected chi connectivity index (χ1v) is 18.6. The van der Waals surface area contributed by atoms with Crippen LogP contribution in [0, 0.1) is 11.6 Å². The van der Waals surface area contributed by atoms with E-state index in [2.05, 4.69) is 20.9 Å². The molecule has 2 fully saturated rings. The lowest BCUT2D eigenvalue weighted by molar-refractivity contribution is -0.136. The van der Waals surface area contributed by atoms with E-state index in [0.717, 1.165) is 11.0 Å². The summed E-state index contributed by atoms with van der Waals surface area (Å²) in [4.78, 5) is 82.1. The van der Waals surface area contributed by atoms with E-state index in [-0.39, 0.29) is 74.8 Å². The third kappa shape index (κ3) is 9.62. The molecule has 0 spiro atoms. The summed E-state index contributed by atoms with van der Waals surface area (Å²) in [6.07, 6.45) is -0.00408. The Kier molecular flexibility index (Phi) is 13.5. The Morgan fingerprint density at radius 3 is 2.29 bits per heavy atom. The molecule has 298 valence electrons. The first-order chi connectivity index (χ1) is 27.1. The normalized spacial score (nSPS) is 16.8. The molecule has 3 aliphatic rings. The van der Waals surface area contributed by atoms with Gasteiger partial charge in [0.2, 0.25) is 17.6 Å². The highest BCUT2D eigenvalue weighted by Crippen LogP contribution is 2.37. The Hall–Kier alpha value is -5.57. The topological polar surface area (TPSA) is 204 Å². The highest BCUT2D eigenvalue weighted by atomic mass is 32.1. The van der Waals surface area contributed by atoms with Gasteiger partial charge in [0.05, 0.1) is 56.5 Å². The summed E-state index contributed by atoms with van der Waals surface area (Å²) in [5.41, 5.74) is 0.578. The van der Waals surface area contributed by atoms with Gasteiger partial charge in [-0.25, -0.2) is 9.37 Å². The fourth-order valence-corrected chi connectivity index (χ4v) is 6.88. The molecule has 3 N–H and O–H groups in total. The van der Waals surface area contributed by atoms with Crippen LogP contribution in [0.5, 0.6) is 11.5 Å². The minimum absolute atomic E-state index is 0.00234. The van der Waals surface area contributed by atoms with Crippen molar-refractivity contribution in [2.75, 3.05) is 83.9 Å². The second-order valence-electron chi connectivity index (χ2n) is 12.5. The number of piperidine rings is 1. The van der Waals surface area contributed by atoms with E-state index in [1.165, 1.54) is 35.6 Å². The lowest BCUT2D eigenvalue weighted by Gasteiger charge is -2.27. The number of hydrogen-bond acceptors (Lipinski definition) is 14. The monoisotopic (exact) mass is 800 g/mol. The molecule has 1 atom stereocenters. The molecule has 20 heteroatoms. The molecule has 0 aliphatic carbocycles. The van der Waals surface area contributed by atoms with Gasteiger partial charge < -0.3 is 39.2 Å². The van der Waals surface area contributed by atoms with Gasteiger partial charge in [0.1, 0.15) is 11.8 Å². The van der Waals surface area contributed by atoms with Crippen LogP contribution >= 0.6 is 11.3 Å². The number of halogens is 2. The molecule has 6 rings (SSSR count). The van der Waals surface area contributed by atoms with Crippen molar-refractivity contribution in [3.63, 3.8) is 0 Å². The highest BCUT2D eigenvalue weighted by Gasteiger charge is 2.46. The zero-order chi connectivity index (χ0) is 39.6. The molecule has 1 aromatic heterocycles. The van der Waals surface area contributed by atoms with Crippen LogP contribution in [0.25, 0.3) is 11.3 Å². The number of hydrogen-bond donors (Lipinski definition) is 3. The molecule has 6 amide bonds. The summed E-state index contributed by atoms with van der Waals surface area (Å²) < 4.78 is 56.0. The predicted octanol–water partition coefficient (Wildman–Crippen LogP) is 1.05. The van der Waals surface area contributed by atoms with Crippen LogP contribution in [0.4, 0.5) is 13.9 Å². The lowest BCUT2D eigenvalue weighted by atomic mass is 10.0. The van der Waals surface area contributed by atoms with E-state index in [1.807, 2.05) is 4.90 Å². The largest absolute Gasteiger partial charge is 0.483 e. The summed E-state index contributed by atoms with van der Waals surface area (Å²) in [5, 5.41) is 9.75. The van der Waals surface area contributed by atoms with Crippen LogP contribution in [0.1, 0.15) is 33.6 Å². The van der Waals surface area contributed by atoms with Crippen molar-refractivity contribution in [1.82, 2.24) is 25.8 Å². The summed E-state index contributed by atoms with van der Waals surface area (Å²) in [6.45, 7) is 2.33. The van der Waals surface area contributed by atoms with E-state index >= 15 is 0 Å². The maximum absolute atomic E-state index is 14.8. The zero-order valence-electron chi connectivity index (χ0n) is 29.9. The van der Waals surface area contributed by atoms with Crippen molar-refractivity contribution < 1.29 is 61.2 Å². The first-order valence-electron chi connectivity index (χ1n) is 17.7. The van der Waals surface area contributed by atoms with Gasteiger partial charge in [0, 0.05) is 43.5 Å². The number of rotatable bonds is 18. The number of anilines is 1. The Balaban J connectivity index is 0.832. The van der Waals surface area contributed by atoms with Gasteiger partial charge in [-0.15, -0.1) is 11.3 Å². The van der Waals surface area contributed by atoms with Crippen LogP contribution in [-0.2, 0) is 33.4 Å². The molecule has 0 saturated carbocycles. The summed E-state index contributed by atoms with van der Waals surface area (Å²) >= 11 is 1.36. The molecule has 0 radical (unpaired) electrons. The zero-order valence-corrected chi connectivity index (χ0v) is 30.8. The number of morpholine rings is 1. The molecule has 3 aromatic rings. The molecule has 56 heavy (non-hydrogen) atoms. The maximum atomic E-state index is 14.8. The number of nitrogens with zero attached hydrogens (tertiary/aromatic N) is 3. The number of imide groups is 2. The van der Waals surface area contributed by atoms with Crippen molar-refractivity contribution in [1.29, 1.82) is 0 Å². The maximum Gasteiger partial charge on any atom is 0.266 e. The number of nitrogens with one attached hydrogen (secondary N) is 3. The van der Waals surface area contributed by atoms with E-state index in [0.29, 0.717) is 37.1 Å². The quantitative estimate of drug-likeness (QED) is 0.122. The predicted molar refractivity (Wildman–Crippen MR) is 192 cm³/mol. The fraction of sp³-hybridized carbons (Fsp3) is 0.417. The number of carbonyl (C=O) groups is 6. The lowest BCUT2D eigenvalue weighted by Crippen LogP contribution is -2.54. The number of carbonyl (C=O) groups excluding carboxylic acids is 6. The molecule has 1 unspecified atom stereocenters.